The maximum Gasteiger partial charge on any atom is 0.195 e. The molecule has 0 saturated heterocycles. The zero-order valence-corrected chi connectivity index (χ0v) is 11.0. The van der Waals surface area contributed by atoms with E-state index in [9.17, 15) is 4.39 Å². The summed E-state index contributed by atoms with van der Waals surface area (Å²) in [4.78, 5) is 6.04. The molecule has 0 aromatic heterocycles. The molecule has 2 aromatic carbocycles. The van der Waals surface area contributed by atoms with Crippen LogP contribution in [0.4, 0.5) is 10.1 Å². The standard InChI is InChI=1S/C15H16FN3/c1-19(2)15(17)18-14-9-8-12(16)10-13(14)11-6-4-3-5-7-11/h3-10H,1-2H3,(H2,17,18). The zero-order valence-electron chi connectivity index (χ0n) is 11.0. The molecule has 0 bridgehead atoms. The second-order valence-electron chi connectivity index (χ2n) is 4.39. The summed E-state index contributed by atoms with van der Waals surface area (Å²) in [7, 11) is 3.62. The van der Waals surface area contributed by atoms with Crippen molar-refractivity contribution in [3.63, 3.8) is 0 Å². The first-order valence-electron chi connectivity index (χ1n) is 5.94. The molecule has 98 valence electrons. The third kappa shape index (κ3) is 3.10. The fourth-order valence-electron chi connectivity index (χ4n) is 1.68. The third-order valence-corrected chi connectivity index (χ3v) is 2.74. The highest BCUT2D eigenvalue weighted by Gasteiger charge is 2.07. The Hall–Kier alpha value is -2.36. The Kier molecular flexibility index (Phi) is 3.80. The molecule has 0 heterocycles. The van der Waals surface area contributed by atoms with Crippen LogP contribution in [-0.2, 0) is 0 Å². The predicted octanol–water partition coefficient (Wildman–Crippen LogP) is 3.00. The van der Waals surface area contributed by atoms with Crippen LogP contribution in [0.3, 0.4) is 0 Å². The molecule has 2 aromatic rings. The van der Waals surface area contributed by atoms with E-state index in [4.69, 9.17) is 5.73 Å². The van der Waals surface area contributed by atoms with Crippen molar-refractivity contribution in [3.05, 3.63) is 54.3 Å². The van der Waals surface area contributed by atoms with Gasteiger partial charge < -0.3 is 10.6 Å². The molecule has 2 N–H and O–H groups in total. The molecule has 0 aliphatic carbocycles. The number of rotatable bonds is 2. The lowest BCUT2D eigenvalue weighted by molar-refractivity contribution is 0.614. The Morgan fingerprint density at radius 1 is 1.11 bits per heavy atom. The molecular formula is C15H16FN3. The number of hydrogen-bond acceptors (Lipinski definition) is 1. The molecule has 0 amide bonds. The highest BCUT2D eigenvalue weighted by molar-refractivity contribution is 5.85. The second kappa shape index (κ2) is 5.52. The van der Waals surface area contributed by atoms with Crippen LogP contribution in [0.2, 0.25) is 0 Å². The molecule has 0 atom stereocenters. The van der Waals surface area contributed by atoms with Gasteiger partial charge in [0, 0.05) is 19.7 Å². The van der Waals surface area contributed by atoms with Crippen LogP contribution in [-0.4, -0.2) is 25.0 Å². The van der Waals surface area contributed by atoms with Gasteiger partial charge in [0.1, 0.15) is 5.82 Å². The lowest BCUT2D eigenvalue weighted by Crippen LogP contribution is -2.29. The van der Waals surface area contributed by atoms with E-state index >= 15 is 0 Å². The van der Waals surface area contributed by atoms with Crippen molar-refractivity contribution in [2.75, 3.05) is 14.1 Å². The first-order valence-corrected chi connectivity index (χ1v) is 5.94. The van der Waals surface area contributed by atoms with Crippen LogP contribution in [0, 0.1) is 5.82 Å². The predicted molar refractivity (Wildman–Crippen MR) is 76.8 cm³/mol. The Bertz CT molecular complexity index is 592. The fourth-order valence-corrected chi connectivity index (χ4v) is 1.68. The quantitative estimate of drug-likeness (QED) is 0.663. The van der Waals surface area contributed by atoms with Crippen molar-refractivity contribution >= 4 is 11.6 Å². The van der Waals surface area contributed by atoms with Crippen LogP contribution < -0.4 is 5.73 Å². The smallest absolute Gasteiger partial charge is 0.195 e. The highest BCUT2D eigenvalue weighted by atomic mass is 19.1. The van der Waals surface area contributed by atoms with Crippen molar-refractivity contribution in [3.8, 4) is 11.1 Å². The van der Waals surface area contributed by atoms with Gasteiger partial charge >= 0.3 is 0 Å². The van der Waals surface area contributed by atoms with Gasteiger partial charge in [-0.05, 0) is 23.8 Å². The van der Waals surface area contributed by atoms with Gasteiger partial charge in [0.2, 0.25) is 0 Å². The molecule has 4 heteroatoms. The van der Waals surface area contributed by atoms with E-state index in [2.05, 4.69) is 4.99 Å². The molecule has 0 saturated carbocycles. The van der Waals surface area contributed by atoms with E-state index < -0.39 is 0 Å². The van der Waals surface area contributed by atoms with Gasteiger partial charge in [-0.15, -0.1) is 0 Å². The fraction of sp³-hybridized carbons (Fsp3) is 0.133. The average molecular weight is 257 g/mol. The Labute approximate surface area is 112 Å². The van der Waals surface area contributed by atoms with E-state index in [0.717, 1.165) is 11.1 Å². The Morgan fingerprint density at radius 3 is 2.42 bits per heavy atom. The maximum atomic E-state index is 13.4. The normalized spacial score (nSPS) is 11.4. The van der Waals surface area contributed by atoms with E-state index in [0.29, 0.717) is 11.6 Å². The number of nitrogens with zero attached hydrogens (tertiary/aromatic N) is 2. The molecule has 0 unspecified atom stereocenters. The average Bonchev–Trinajstić information content (AvgIpc) is 2.41. The van der Waals surface area contributed by atoms with Crippen molar-refractivity contribution in [2.45, 2.75) is 0 Å². The molecule has 2 rings (SSSR count). The van der Waals surface area contributed by atoms with Gasteiger partial charge in [0.25, 0.3) is 0 Å². The van der Waals surface area contributed by atoms with Crippen LogP contribution in [0.1, 0.15) is 0 Å². The number of halogens is 1. The van der Waals surface area contributed by atoms with Gasteiger partial charge in [-0.3, -0.25) is 0 Å². The molecule has 3 nitrogen and oxygen atoms in total. The number of benzene rings is 2. The Morgan fingerprint density at radius 2 is 1.79 bits per heavy atom. The first kappa shape index (κ1) is 13.1. The van der Waals surface area contributed by atoms with Crippen molar-refractivity contribution in [1.29, 1.82) is 0 Å². The maximum absolute atomic E-state index is 13.4. The topological polar surface area (TPSA) is 41.6 Å². The molecule has 0 fully saturated rings. The summed E-state index contributed by atoms with van der Waals surface area (Å²) >= 11 is 0. The SMILES string of the molecule is CN(C)C(N)=Nc1ccc(F)cc1-c1ccccc1. The number of guanidine groups is 1. The summed E-state index contributed by atoms with van der Waals surface area (Å²) in [6.07, 6.45) is 0. The summed E-state index contributed by atoms with van der Waals surface area (Å²) in [6, 6.07) is 14.0. The summed E-state index contributed by atoms with van der Waals surface area (Å²) < 4.78 is 13.4. The van der Waals surface area contributed by atoms with E-state index in [1.54, 1.807) is 11.0 Å². The minimum atomic E-state index is -0.291. The van der Waals surface area contributed by atoms with Crippen molar-refractivity contribution in [1.82, 2.24) is 4.90 Å². The van der Waals surface area contributed by atoms with Crippen molar-refractivity contribution < 1.29 is 4.39 Å². The first-order chi connectivity index (χ1) is 9.08. The van der Waals surface area contributed by atoms with Crippen LogP contribution in [0.15, 0.2) is 53.5 Å². The minimum Gasteiger partial charge on any atom is -0.370 e. The zero-order chi connectivity index (χ0) is 13.8. The monoisotopic (exact) mass is 257 g/mol. The third-order valence-electron chi connectivity index (χ3n) is 2.74. The number of hydrogen-bond donors (Lipinski definition) is 1. The molecule has 19 heavy (non-hydrogen) atoms. The van der Waals surface area contributed by atoms with Gasteiger partial charge in [-0.25, -0.2) is 9.38 Å². The molecule has 0 aliphatic heterocycles. The Balaban J connectivity index is 2.54. The summed E-state index contributed by atoms with van der Waals surface area (Å²) in [5.41, 5.74) is 8.10. The number of aliphatic imine (C=N–C) groups is 1. The van der Waals surface area contributed by atoms with Crippen LogP contribution in [0.5, 0.6) is 0 Å². The van der Waals surface area contributed by atoms with Crippen molar-refractivity contribution in [2.24, 2.45) is 10.7 Å². The van der Waals surface area contributed by atoms with E-state index in [1.165, 1.54) is 12.1 Å². The van der Waals surface area contributed by atoms with Crippen LogP contribution >= 0.6 is 0 Å². The molecule has 0 radical (unpaired) electrons. The van der Waals surface area contributed by atoms with Gasteiger partial charge in [-0.2, -0.15) is 0 Å². The van der Waals surface area contributed by atoms with Gasteiger partial charge in [-0.1, -0.05) is 30.3 Å². The molecule has 0 aliphatic rings. The molecule has 0 spiro atoms. The largest absolute Gasteiger partial charge is 0.370 e. The lowest BCUT2D eigenvalue weighted by atomic mass is 10.0. The minimum absolute atomic E-state index is 0.291. The lowest BCUT2D eigenvalue weighted by Gasteiger charge is -2.12. The summed E-state index contributed by atoms with van der Waals surface area (Å²) in [6.45, 7) is 0. The van der Waals surface area contributed by atoms with Crippen LogP contribution in [0.25, 0.3) is 11.1 Å². The van der Waals surface area contributed by atoms with E-state index in [1.807, 2.05) is 44.4 Å². The van der Waals surface area contributed by atoms with E-state index in [-0.39, 0.29) is 5.82 Å². The second-order valence-corrected chi connectivity index (χ2v) is 4.39. The number of nitrogens with two attached hydrogens (primary N) is 1. The highest BCUT2D eigenvalue weighted by Crippen LogP contribution is 2.30. The molecular weight excluding hydrogens is 241 g/mol. The van der Waals surface area contributed by atoms with Gasteiger partial charge in [0.15, 0.2) is 5.96 Å². The summed E-state index contributed by atoms with van der Waals surface area (Å²) in [5.74, 6) is 0.0880. The van der Waals surface area contributed by atoms with Gasteiger partial charge in [0.05, 0.1) is 5.69 Å². The summed E-state index contributed by atoms with van der Waals surface area (Å²) in [5, 5.41) is 0.